The Morgan fingerprint density at radius 2 is 2.26 bits per heavy atom. The molecule has 19 heavy (non-hydrogen) atoms. The Morgan fingerprint density at radius 1 is 1.53 bits per heavy atom. The molecule has 102 valence electrons. The molecule has 0 saturated carbocycles. The lowest BCUT2D eigenvalue weighted by atomic mass is 10.2. The normalized spacial score (nSPS) is 11.2. The van der Waals surface area contributed by atoms with E-state index in [4.69, 9.17) is 5.11 Å². The van der Waals surface area contributed by atoms with Crippen molar-refractivity contribution < 1.29 is 9.90 Å². The van der Waals surface area contributed by atoms with Gasteiger partial charge in [0.2, 0.25) is 0 Å². The average molecular weight is 327 g/mol. The second kappa shape index (κ2) is 5.56. The highest BCUT2D eigenvalue weighted by molar-refractivity contribution is 9.10. The number of nitrogens with one attached hydrogen (secondary N) is 1. The maximum atomic E-state index is 10.7. The lowest BCUT2D eigenvalue weighted by Crippen LogP contribution is -2.10. The van der Waals surface area contributed by atoms with Gasteiger partial charge in [0.25, 0.3) is 0 Å². The number of carbonyl (C=O) groups is 1. The van der Waals surface area contributed by atoms with Crippen molar-refractivity contribution in [1.29, 1.82) is 0 Å². The van der Waals surface area contributed by atoms with Gasteiger partial charge in [-0.2, -0.15) is 0 Å². The van der Waals surface area contributed by atoms with E-state index in [1.165, 1.54) is 0 Å². The number of anilines is 1. The van der Waals surface area contributed by atoms with Crippen molar-refractivity contribution >= 4 is 33.4 Å². The number of imidazole rings is 1. The minimum atomic E-state index is -0.915. The quantitative estimate of drug-likeness (QED) is 0.880. The van der Waals surface area contributed by atoms with Gasteiger partial charge in [-0.05, 0) is 34.0 Å². The topological polar surface area (TPSA) is 79.5 Å². The van der Waals surface area contributed by atoms with Gasteiger partial charge in [-0.3, -0.25) is 4.79 Å². The van der Waals surface area contributed by atoms with Crippen LogP contribution in [0.2, 0.25) is 0 Å². The van der Waals surface area contributed by atoms with Gasteiger partial charge in [0.1, 0.15) is 10.4 Å². The Kier molecular flexibility index (Phi) is 4.04. The molecule has 0 fully saturated rings. The predicted molar refractivity (Wildman–Crippen MR) is 75.4 cm³/mol. The van der Waals surface area contributed by atoms with Crippen molar-refractivity contribution in [2.45, 2.75) is 20.3 Å². The molecule has 0 aromatic carbocycles. The van der Waals surface area contributed by atoms with E-state index >= 15 is 0 Å². The highest BCUT2D eigenvalue weighted by atomic mass is 79.9. The SMILES string of the molecule is CC(C)CNc1ccc2nc(CC(=O)O)c(Br)n2n1. The lowest BCUT2D eigenvalue weighted by molar-refractivity contribution is -0.136. The maximum Gasteiger partial charge on any atom is 0.309 e. The zero-order valence-electron chi connectivity index (χ0n) is 10.7. The van der Waals surface area contributed by atoms with Crippen molar-refractivity contribution in [2.24, 2.45) is 5.92 Å². The van der Waals surface area contributed by atoms with Gasteiger partial charge in [0.05, 0.1) is 12.1 Å². The molecule has 0 atom stereocenters. The Morgan fingerprint density at radius 3 is 2.89 bits per heavy atom. The van der Waals surface area contributed by atoms with Crippen molar-refractivity contribution in [1.82, 2.24) is 14.6 Å². The molecule has 0 aliphatic carbocycles. The number of carboxylic acid groups (broad SMARTS) is 1. The second-order valence-electron chi connectivity index (χ2n) is 4.68. The van der Waals surface area contributed by atoms with Gasteiger partial charge < -0.3 is 10.4 Å². The average Bonchev–Trinajstić information content (AvgIpc) is 2.63. The van der Waals surface area contributed by atoms with E-state index in [2.05, 4.69) is 45.2 Å². The van der Waals surface area contributed by atoms with E-state index in [-0.39, 0.29) is 6.42 Å². The van der Waals surface area contributed by atoms with E-state index < -0.39 is 5.97 Å². The molecule has 0 bridgehead atoms. The number of hydrogen-bond donors (Lipinski definition) is 2. The molecule has 0 unspecified atom stereocenters. The molecule has 0 radical (unpaired) electrons. The number of carboxylic acids is 1. The van der Waals surface area contributed by atoms with Crippen molar-refractivity contribution in [3.05, 3.63) is 22.4 Å². The molecule has 2 rings (SSSR count). The monoisotopic (exact) mass is 326 g/mol. The van der Waals surface area contributed by atoms with E-state index in [0.717, 1.165) is 12.4 Å². The van der Waals surface area contributed by atoms with Gasteiger partial charge in [-0.25, -0.2) is 9.50 Å². The summed E-state index contributed by atoms with van der Waals surface area (Å²) in [7, 11) is 0. The van der Waals surface area contributed by atoms with Gasteiger partial charge in [-0.15, -0.1) is 5.10 Å². The van der Waals surface area contributed by atoms with E-state index in [9.17, 15) is 4.79 Å². The lowest BCUT2D eigenvalue weighted by Gasteiger charge is -2.07. The number of rotatable bonds is 5. The van der Waals surface area contributed by atoms with Crippen LogP contribution in [0.1, 0.15) is 19.5 Å². The molecule has 2 aromatic heterocycles. The summed E-state index contributed by atoms with van der Waals surface area (Å²) in [6.45, 7) is 5.06. The summed E-state index contributed by atoms with van der Waals surface area (Å²) in [4.78, 5) is 15.0. The summed E-state index contributed by atoms with van der Waals surface area (Å²) in [6, 6.07) is 3.65. The molecular weight excluding hydrogens is 312 g/mol. The fourth-order valence-electron chi connectivity index (χ4n) is 1.61. The fourth-order valence-corrected chi connectivity index (χ4v) is 2.10. The Labute approximate surface area is 119 Å². The summed E-state index contributed by atoms with van der Waals surface area (Å²) in [5.41, 5.74) is 1.10. The molecule has 0 aliphatic heterocycles. The first kappa shape index (κ1) is 13.8. The third-order valence-electron chi connectivity index (χ3n) is 2.50. The minimum Gasteiger partial charge on any atom is -0.481 e. The van der Waals surface area contributed by atoms with Crippen LogP contribution in [0, 0.1) is 5.92 Å². The van der Waals surface area contributed by atoms with Crippen molar-refractivity contribution in [3.8, 4) is 0 Å². The van der Waals surface area contributed by atoms with Crippen LogP contribution in [0.3, 0.4) is 0 Å². The number of aliphatic carboxylic acids is 1. The predicted octanol–water partition coefficient (Wildman–Crippen LogP) is 2.19. The zero-order valence-corrected chi connectivity index (χ0v) is 12.3. The number of hydrogen-bond acceptors (Lipinski definition) is 4. The summed E-state index contributed by atoms with van der Waals surface area (Å²) in [5, 5.41) is 16.4. The Bertz CT molecular complexity index is 609. The van der Waals surface area contributed by atoms with Crippen LogP contribution in [0.25, 0.3) is 5.65 Å². The third kappa shape index (κ3) is 3.23. The molecule has 2 heterocycles. The van der Waals surface area contributed by atoms with E-state index in [1.807, 2.05) is 12.1 Å². The molecule has 7 heteroatoms. The molecule has 0 spiro atoms. The van der Waals surface area contributed by atoms with Gasteiger partial charge in [0.15, 0.2) is 5.65 Å². The molecule has 0 aliphatic rings. The second-order valence-corrected chi connectivity index (χ2v) is 5.43. The first-order valence-corrected chi connectivity index (χ1v) is 6.76. The molecule has 0 saturated heterocycles. The van der Waals surface area contributed by atoms with Crippen LogP contribution in [-0.4, -0.2) is 32.2 Å². The Balaban J connectivity index is 2.31. The maximum absolute atomic E-state index is 10.7. The van der Waals surface area contributed by atoms with Crippen LogP contribution in [-0.2, 0) is 11.2 Å². The summed E-state index contributed by atoms with van der Waals surface area (Å²) >= 11 is 3.34. The molecule has 0 amide bonds. The fraction of sp³-hybridized carbons (Fsp3) is 0.417. The van der Waals surface area contributed by atoms with E-state index in [0.29, 0.717) is 21.9 Å². The third-order valence-corrected chi connectivity index (χ3v) is 3.29. The summed E-state index contributed by atoms with van der Waals surface area (Å²) in [6.07, 6.45) is -0.126. The molecule has 2 N–H and O–H groups in total. The zero-order chi connectivity index (χ0) is 14.0. The van der Waals surface area contributed by atoms with E-state index in [1.54, 1.807) is 4.52 Å². The van der Waals surface area contributed by atoms with Crippen LogP contribution in [0.15, 0.2) is 16.7 Å². The first-order valence-electron chi connectivity index (χ1n) is 5.97. The van der Waals surface area contributed by atoms with Gasteiger partial charge >= 0.3 is 5.97 Å². The smallest absolute Gasteiger partial charge is 0.309 e. The minimum absolute atomic E-state index is 0.126. The molecule has 2 aromatic rings. The number of aromatic nitrogens is 3. The van der Waals surface area contributed by atoms with Crippen LogP contribution in [0.5, 0.6) is 0 Å². The molecular formula is C12H15BrN4O2. The van der Waals surface area contributed by atoms with Crippen LogP contribution >= 0.6 is 15.9 Å². The first-order chi connectivity index (χ1) is 8.97. The van der Waals surface area contributed by atoms with Gasteiger partial charge in [0, 0.05) is 6.54 Å². The van der Waals surface area contributed by atoms with Crippen molar-refractivity contribution in [3.63, 3.8) is 0 Å². The number of fused-ring (bicyclic) bond motifs is 1. The van der Waals surface area contributed by atoms with Crippen molar-refractivity contribution in [2.75, 3.05) is 11.9 Å². The van der Waals surface area contributed by atoms with Crippen LogP contribution in [0.4, 0.5) is 5.82 Å². The Hall–Kier alpha value is -1.63. The number of nitrogens with zero attached hydrogens (tertiary/aromatic N) is 3. The standard InChI is InChI=1S/C12H15BrN4O2/c1-7(2)6-14-9-3-4-10-15-8(5-11(18)19)12(13)17(10)16-9/h3-4,7H,5-6H2,1-2H3,(H,14,16)(H,18,19). The summed E-state index contributed by atoms with van der Waals surface area (Å²) in [5.74, 6) is 0.342. The van der Waals surface area contributed by atoms with Crippen LogP contribution < -0.4 is 5.32 Å². The number of halogens is 1. The molecule has 6 nitrogen and oxygen atoms in total. The highest BCUT2D eigenvalue weighted by Crippen LogP contribution is 2.19. The van der Waals surface area contributed by atoms with Gasteiger partial charge in [-0.1, -0.05) is 13.8 Å². The highest BCUT2D eigenvalue weighted by Gasteiger charge is 2.14. The largest absolute Gasteiger partial charge is 0.481 e. The summed E-state index contributed by atoms with van der Waals surface area (Å²) < 4.78 is 2.18.